The van der Waals surface area contributed by atoms with E-state index in [1.54, 1.807) is 36.7 Å². The lowest BCUT2D eigenvalue weighted by molar-refractivity contribution is -0.121. The van der Waals surface area contributed by atoms with Gasteiger partial charge in [0.05, 0.1) is 17.7 Å². The molecular weight excluding hydrogens is 396 g/mol. The fraction of sp³-hybridized carbons (Fsp3) is 0.133. The van der Waals surface area contributed by atoms with E-state index in [-0.39, 0.29) is 11.4 Å². The molecule has 0 fully saturated rings. The maximum absolute atomic E-state index is 12.4. The number of hydrogen-bond donors (Lipinski definition) is 1. The van der Waals surface area contributed by atoms with Crippen molar-refractivity contribution >= 4 is 38.1 Å². The van der Waals surface area contributed by atoms with Crippen LogP contribution >= 0.6 is 15.9 Å². The van der Waals surface area contributed by atoms with Gasteiger partial charge in [0.25, 0.3) is 5.91 Å². The number of carbonyl (C=O) groups is 1. The molecular formula is C15H15BrN4O3S. The first-order valence-corrected chi connectivity index (χ1v) is 9.07. The smallest absolute Gasteiger partial charge is 0.255 e. The van der Waals surface area contributed by atoms with Gasteiger partial charge in [0, 0.05) is 23.9 Å². The second-order valence-electron chi connectivity index (χ2n) is 4.79. The average Bonchev–Trinajstić information content (AvgIpc) is 2.56. The monoisotopic (exact) mass is 410 g/mol. The van der Waals surface area contributed by atoms with Gasteiger partial charge in [-0.25, -0.2) is 13.8 Å². The normalized spacial score (nSPS) is 11.8. The summed E-state index contributed by atoms with van der Waals surface area (Å²) in [5.74, 6) is -0.538. The number of benzene rings is 1. The maximum Gasteiger partial charge on any atom is 0.255 e. The van der Waals surface area contributed by atoms with Crippen molar-refractivity contribution in [3.05, 3.63) is 58.8 Å². The van der Waals surface area contributed by atoms with Crippen molar-refractivity contribution in [3.8, 4) is 0 Å². The van der Waals surface area contributed by atoms with E-state index in [4.69, 9.17) is 0 Å². The number of hydrogen-bond acceptors (Lipinski definition) is 5. The molecule has 1 N–H and O–H groups in total. The Morgan fingerprint density at radius 3 is 2.50 bits per heavy atom. The summed E-state index contributed by atoms with van der Waals surface area (Å²) >= 11 is 3.24. The van der Waals surface area contributed by atoms with Crippen LogP contribution < -0.4 is 5.43 Å². The summed E-state index contributed by atoms with van der Waals surface area (Å²) < 4.78 is 26.5. The average molecular weight is 411 g/mol. The lowest BCUT2D eigenvalue weighted by Gasteiger charge is -2.16. The van der Waals surface area contributed by atoms with Crippen molar-refractivity contribution in [2.75, 3.05) is 13.6 Å². The molecule has 1 amide bonds. The van der Waals surface area contributed by atoms with Crippen LogP contribution in [0.4, 0.5) is 0 Å². The third-order valence-corrected chi connectivity index (χ3v) is 5.34. The number of hydrazone groups is 1. The third-order valence-electron chi connectivity index (χ3n) is 3.00. The maximum atomic E-state index is 12.4. The van der Waals surface area contributed by atoms with Gasteiger partial charge in [-0.1, -0.05) is 15.9 Å². The molecule has 0 saturated carbocycles. The van der Waals surface area contributed by atoms with Crippen molar-refractivity contribution < 1.29 is 13.2 Å². The molecule has 0 aliphatic carbocycles. The summed E-state index contributed by atoms with van der Waals surface area (Å²) in [6.45, 7) is -0.341. The van der Waals surface area contributed by atoms with E-state index in [0.29, 0.717) is 0 Å². The minimum Gasteiger partial charge on any atom is -0.272 e. The molecule has 9 heteroatoms. The fourth-order valence-corrected chi connectivity index (χ4v) is 3.13. The van der Waals surface area contributed by atoms with E-state index in [0.717, 1.165) is 14.3 Å². The number of likely N-dealkylation sites (N-methyl/N-ethyl adjacent to an activating group) is 1. The van der Waals surface area contributed by atoms with Crippen LogP contribution in [0.2, 0.25) is 0 Å². The molecule has 1 aromatic heterocycles. The molecule has 2 aromatic rings. The molecule has 0 spiro atoms. The van der Waals surface area contributed by atoms with E-state index in [2.05, 4.69) is 31.4 Å². The minimum atomic E-state index is -3.74. The summed E-state index contributed by atoms with van der Waals surface area (Å²) in [4.78, 5) is 15.8. The Bertz CT molecular complexity index is 824. The molecule has 0 bridgehead atoms. The largest absolute Gasteiger partial charge is 0.272 e. The zero-order valence-electron chi connectivity index (χ0n) is 12.8. The standard InChI is InChI=1S/C15H15BrN4O3S/c1-20(24(22,23)14-4-2-13(16)3-5-14)11-15(21)19-18-10-12-6-8-17-9-7-12/h2-10H,11H2,1H3,(H,19,21)/b18-10-. The third kappa shape index (κ3) is 4.95. The van der Waals surface area contributed by atoms with Gasteiger partial charge in [0.15, 0.2) is 0 Å². The SMILES string of the molecule is CN(CC(=O)N/N=C\c1ccncc1)S(=O)(=O)c1ccc(Br)cc1. The van der Waals surface area contributed by atoms with E-state index in [1.165, 1.54) is 25.4 Å². The van der Waals surface area contributed by atoms with Gasteiger partial charge < -0.3 is 0 Å². The topological polar surface area (TPSA) is 91.7 Å². The van der Waals surface area contributed by atoms with E-state index < -0.39 is 15.9 Å². The van der Waals surface area contributed by atoms with E-state index in [1.807, 2.05) is 0 Å². The number of rotatable bonds is 6. The first-order chi connectivity index (χ1) is 11.4. The number of halogens is 1. The number of carbonyl (C=O) groups excluding carboxylic acids is 1. The first-order valence-electron chi connectivity index (χ1n) is 6.83. The second-order valence-corrected chi connectivity index (χ2v) is 7.75. The van der Waals surface area contributed by atoms with E-state index in [9.17, 15) is 13.2 Å². The summed E-state index contributed by atoms with van der Waals surface area (Å²) in [6.07, 6.45) is 4.65. The van der Waals surface area contributed by atoms with Gasteiger partial charge in [0.1, 0.15) is 0 Å². The van der Waals surface area contributed by atoms with E-state index >= 15 is 0 Å². The Labute approximate surface area is 148 Å². The highest BCUT2D eigenvalue weighted by molar-refractivity contribution is 9.10. The molecule has 0 atom stereocenters. The molecule has 0 saturated heterocycles. The van der Waals surface area contributed by atoms with Crippen molar-refractivity contribution in [3.63, 3.8) is 0 Å². The number of nitrogens with one attached hydrogen (secondary N) is 1. The van der Waals surface area contributed by atoms with Crippen molar-refractivity contribution in [2.45, 2.75) is 4.90 Å². The van der Waals surface area contributed by atoms with Gasteiger partial charge in [-0.05, 0) is 42.0 Å². The van der Waals surface area contributed by atoms with Crippen LogP contribution in [0, 0.1) is 0 Å². The highest BCUT2D eigenvalue weighted by Crippen LogP contribution is 2.17. The zero-order chi connectivity index (χ0) is 17.6. The summed E-state index contributed by atoms with van der Waals surface area (Å²) in [7, 11) is -2.40. The Balaban J connectivity index is 1.95. The highest BCUT2D eigenvalue weighted by atomic mass is 79.9. The van der Waals surface area contributed by atoms with Crippen LogP contribution in [-0.2, 0) is 14.8 Å². The lowest BCUT2D eigenvalue weighted by atomic mass is 10.3. The predicted molar refractivity (Wildman–Crippen MR) is 93.9 cm³/mol. The Morgan fingerprint density at radius 1 is 1.25 bits per heavy atom. The van der Waals surface area contributed by atoms with Gasteiger partial charge >= 0.3 is 0 Å². The molecule has 0 radical (unpaired) electrons. The van der Waals surface area contributed by atoms with Gasteiger partial charge in [0.2, 0.25) is 10.0 Å². The number of amides is 1. The molecule has 126 valence electrons. The van der Waals surface area contributed by atoms with Crippen LogP contribution in [0.3, 0.4) is 0 Å². The van der Waals surface area contributed by atoms with Crippen LogP contribution in [0.15, 0.2) is 63.3 Å². The van der Waals surface area contributed by atoms with Crippen LogP contribution in [0.5, 0.6) is 0 Å². The highest BCUT2D eigenvalue weighted by Gasteiger charge is 2.22. The Morgan fingerprint density at radius 2 is 1.88 bits per heavy atom. The molecule has 0 aliphatic heterocycles. The lowest BCUT2D eigenvalue weighted by Crippen LogP contribution is -2.36. The molecule has 1 aromatic carbocycles. The number of nitrogens with zero attached hydrogens (tertiary/aromatic N) is 3. The molecule has 7 nitrogen and oxygen atoms in total. The predicted octanol–water partition coefficient (Wildman–Crippen LogP) is 1.61. The van der Waals surface area contributed by atoms with Gasteiger partial charge in [-0.15, -0.1) is 0 Å². The zero-order valence-corrected chi connectivity index (χ0v) is 15.2. The van der Waals surface area contributed by atoms with Crippen molar-refractivity contribution in [1.29, 1.82) is 0 Å². The summed E-state index contributed by atoms with van der Waals surface area (Å²) in [5.41, 5.74) is 3.06. The number of aromatic nitrogens is 1. The second kappa shape index (κ2) is 8.13. The number of sulfonamides is 1. The van der Waals surface area contributed by atoms with Crippen LogP contribution in [-0.4, -0.2) is 43.4 Å². The fourth-order valence-electron chi connectivity index (χ4n) is 1.74. The quantitative estimate of drug-likeness (QED) is 0.578. The molecule has 0 aliphatic rings. The first kappa shape index (κ1) is 18.2. The summed E-state index contributed by atoms with van der Waals surface area (Å²) in [6, 6.07) is 9.63. The number of pyridine rings is 1. The van der Waals surface area contributed by atoms with Gasteiger partial charge in [-0.3, -0.25) is 9.78 Å². The van der Waals surface area contributed by atoms with Crippen LogP contribution in [0.1, 0.15) is 5.56 Å². The van der Waals surface area contributed by atoms with Gasteiger partial charge in [-0.2, -0.15) is 9.41 Å². The Kier molecular flexibility index (Phi) is 6.18. The van der Waals surface area contributed by atoms with Crippen molar-refractivity contribution in [2.24, 2.45) is 5.10 Å². The molecule has 1 heterocycles. The van der Waals surface area contributed by atoms with Crippen molar-refractivity contribution in [1.82, 2.24) is 14.7 Å². The summed E-state index contributed by atoms with van der Waals surface area (Å²) in [5, 5.41) is 3.78. The van der Waals surface area contributed by atoms with Crippen LogP contribution in [0.25, 0.3) is 0 Å². The molecule has 0 unspecified atom stereocenters. The molecule has 2 rings (SSSR count). The molecule has 24 heavy (non-hydrogen) atoms. The Hall–Kier alpha value is -2.10. The minimum absolute atomic E-state index is 0.112.